The van der Waals surface area contributed by atoms with Crippen LogP contribution in [0, 0.1) is 12.8 Å². The van der Waals surface area contributed by atoms with E-state index in [1.165, 1.54) is 18.4 Å². The fraction of sp³-hybridized carbons (Fsp3) is 0.424. The number of imidazole rings is 1. The van der Waals surface area contributed by atoms with Crippen molar-refractivity contribution in [3.05, 3.63) is 95.3 Å². The van der Waals surface area contributed by atoms with E-state index in [1.807, 2.05) is 24.3 Å². The molecule has 3 heterocycles. The second kappa shape index (κ2) is 10.2. The Morgan fingerprint density at radius 1 is 0.951 bits per heavy atom. The number of piperidine rings is 1. The number of fused-ring (bicyclic) bond motifs is 3. The number of rotatable bonds is 8. The van der Waals surface area contributed by atoms with Crippen molar-refractivity contribution in [2.24, 2.45) is 5.92 Å². The van der Waals surface area contributed by atoms with Gasteiger partial charge in [-0.1, -0.05) is 54.1 Å². The lowest BCUT2D eigenvalue weighted by molar-refractivity contribution is 0.0989. The maximum absolute atomic E-state index is 13.5. The van der Waals surface area contributed by atoms with Crippen LogP contribution in [0.25, 0.3) is 11.0 Å². The fourth-order valence-corrected chi connectivity index (χ4v) is 9.40. The normalized spacial score (nSPS) is 28.0. The maximum Gasteiger partial charge on any atom is 0.242 e. The second-order valence-electron chi connectivity index (χ2n) is 12.4. The van der Waals surface area contributed by atoms with E-state index in [0.29, 0.717) is 40.5 Å². The van der Waals surface area contributed by atoms with Crippen LogP contribution in [-0.2, 0) is 15.4 Å². The molecule has 0 radical (unpaired) electrons. The van der Waals surface area contributed by atoms with Crippen molar-refractivity contribution in [2.45, 2.75) is 67.5 Å². The molecular formula is C33H37ClN4O2S. The summed E-state index contributed by atoms with van der Waals surface area (Å²) in [5.41, 5.74) is 3.23. The number of halogens is 1. The van der Waals surface area contributed by atoms with Gasteiger partial charge in [0.25, 0.3) is 0 Å². The van der Waals surface area contributed by atoms with Gasteiger partial charge in [0.05, 0.1) is 15.9 Å². The number of benzene rings is 3. The predicted octanol–water partition coefficient (Wildman–Crippen LogP) is 6.44. The lowest BCUT2D eigenvalue weighted by atomic mass is 9.91. The molecule has 8 heteroatoms. The number of aromatic nitrogens is 2. The third-order valence-corrected chi connectivity index (χ3v) is 12.1. The van der Waals surface area contributed by atoms with Crippen molar-refractivity contribution in [3.63, 3.8) is 0 Å². The molecule has 0 amide bonds. The van der Waals surface area contributed by atoms with E-state index < -0.39 is 10.0 Å². The number of aryl methyl sites for hydroxylation is 1. The fourth-order valence-electron chi connectivity index (χ4n) is 7.95. The molecule has 214 valence electrons. The van der Waals surface area contributed by atoms with E-state index in [-0.39, 0.29) is 5.41 Å². The summed E-state index contributed by atoms with van der Waals surface area (Å²) < 4.78 is 31.0. The van der Waals surface area contributed by atoms with Crippen molar-refractivity contribution in [2.75, 3.05) is 20.1 Å². The molecule has 2 saturated heterocycles. The zero-order valence-corrected chi connectivity index (χ0v) is 25.2. The minimum atomic E-state index is -3.59. The van der Waals surface area contributed by atoms with Crippen LogP contribution in [0.5, 0.6) is 0 Å². The first kappa shape index (κ1) is 27.1. The van der Waals surface area contributed by atoms with Gasteiger partial charge in [0.2, 0.25) is 10.0 Å². The molecule has 1 unspecified atom stereocenters. The van der Waals surface area contributed by atoms with Gasteiger partial charge in [-0.15, -0.1) is 0 Å². The van der Waals surface area contributed by atoms with Crippen LogP contribution >= 0.6 is 11.6 Å². The lowest BCUT2D eigenvalue weighted by Gasteiger charge is -2.40. The molecule has 1 aliphatic carbocycles. The summed E-state index contributed by atoms with van der Waals surface area (Å²) in [5, 5.41) is 0.699. The van der Waals surface area contributed by atoms with Gasteiger partial charge in [-0.05, 0) is 86.9 Å². The van der Waals surface area contributed by atoms with E-state index in [9.17, 15) is 8.42 Å². The maximum atomic E-state index is 13.5. The molecule has 5 atom stereocenters. The van der Waals surface area contributed by atoms with Gasteiger partial charge in [0, 0.05) is 48.7 Å². The van der Waals surface area contributed by atoms with Crippen molar-refractivity contribution < 1.29 is 8.42 Å². The lowest BCUT2D eigenvalue weighted by Crippen LogP contribution is -2.45. The van der Waals surface area contributed by atoms with Crippen LogP contribution in [0.15, 0.2) is 83.8 Å². The summed E-state index contributed by atoms with van der Waals surface area (Å²) in [4.78, 5) is 7.94. The SMILES string of the molecule is Cc1nc2ccccc2n1C1C[C@H]2CC[C@@H](C1)N2C[C@@H]1C[C@@]1(CN(C)S(=O)(=O)c1ccccc1)c1cccc(Cl)c1. The molecule has 1 saturated carbocycles. The van der Waals surface area contributed by atoms with Crippen LogP contribution in [0.2, 0.25) is 5.02 Å². The molecule has 2 aliphatic heterocycles. The number of nitrogens with zero attached hydrogens (tertiary/aromatic N) is 4. The predicted molar refractivity (Wildman–Crippen MR) is 164 cm³/mol. The standard InChI is InChI=1S/C33H37ClN4O2S/c1-23-35-31-13-6-7-14-32(31)38(23)29-18-27-15-16-28(19-29)37(27)21-25-20-33(25,24-9-8-10-26(34)17-24)22-36(2)41(39,40)30-11-4-3-5-12-30/h3-14,17,25,27-29H,15-16,18-22H2,1-2H3/t25-,27-,28+,29?,33+/m0/s1. The van der Waals surface area contributed by atoms with Gasteiger partial charge in [0.1, 0.15) is 5.82 Å². The average Bonchev–Trinajstić information content (AvgIpc) is 3.47. The molecule has 6 nitrogen and oxygen atoms in total. The molecule has 3 aliphatic rings. The summed E-state index contributed by atoms with van der Waals surface area (Å²) in [7, 11) is -1.87. The van der Waals surface area contributed by atoms with E-state index >= 15 is 0 Å². The molecule has 4 aromatic rings. The second-order valence-corrected chi connectivity index (χ2v) is 14.8. The molecule has 0 N–H and O–H groups in total. The zero-order chi connectivity index (χ0) is 28.4. The van der Waals surface area contributed by atoms with Gasteiger partial charge in [-0.25, -0.2) is 17.7 Å². The Labute approximate surface area is 248 Å². The highest BCUT2D eigenvalue weighted by atomic mass is 35.5. The first-order valence-electron chi connectivity index (χ1n) is 14.7. The quantitative estimate of drug-likeness (QED) is 0.237. The summed E-state index contributed by atoms with van der Waals surface area (Å²) in [6, 6.07) is 26.9. The molecule has 1 aromatic heterocycles. The smallest absolute Gasteiger partial charge is 0.242 e. The highest BCUT2D eigenvalue weighted by molar-refractivity contribution is 7.89. The van der Waals surface area contributed by atoms with Crippen molar-refractivity contribution >= 4 is 32.7 Å². The number of likely N-dealkylation sites (N-methyl/N-ethyl adjacent to an activating group) is 1. The Bertz CT molecular complexity index is 1680. The van der Waals surface area contributed by atoms with Crippen LogP contribution < -0.4 is 0 Å². The van der Waals surface area contributed by atoms with Crippen LogP contribution in [0.4, 0.5) is 0 Å². The van der Waals surface area contributed by atoms with E-state index in [4.69, 9.17) is 16.6 Å². The topological polar surface area (TPSA) is 58.4 Å². The minimum absolute atomic E-state index is 0.241. The van der Waals surface area contributed by atoms with Crippen molar-refractivity contribution in [3.8, 4) is 0 Å². The molecule has 0 spiro atoms. The van der Waals surface area contributed by atoms with Gasteiger partial charge >= 0.3 is 0 Å². The number of sulfonamides is 1. The van der Waals surface area contributed by atoms with E-state index in [2.05, 4.69) is 46.7 Å². The van der Waals surface area contributed by atoms with Crippen molar-refractivity contribution in [1.29, 1.82) is 0 Å². The molecule has 3 fully saturated rings. The molecule has 7 rings (SSSR count). The summed E-state index contributed by atoms with van der Waals surface area (Å²) in [6.07, 6.45) is 5.69. The Morgan fingerprint density at radius 3 is 2.39 bits per heavy atom. The largest absolute Gasteiger partial charge is 0.325 e. The number of hydrogen-bond donors (Lipinski definition) is 0. The third-order valence-electron chi connectivity index (χ3n) is 10.0. The third kappa shape index (κ3) is 4.71. The summed E-state index contributed by atoms with van der Waals surface area (Å²) >= 11 is 6.47. The van der Waals surface area contributed by atoms with Gasteiger partial charge in [-0.2, -0.15) is 0 Å². The number of para-hydroxylation sites is 2. The van der Waals surface area contributed by atoms with Gasteiger partial charge in [-0.3, -0.25) is 4.90 Å². The van der Waals surface area contributed by atoms with Gasteiger partial charge < -0.3 is 4.57 Å². The Kier molecular flexibility index (Phi) is 6.77. The summed E-state index contributed by atoms with van der Waals surface area (Å²) in [6.45, 7) is 3.58. The molecule has 3 aromatic carbocycles. The number of hydrogen-bond acceptors (Lipinski definition) is 4. The first-order valence-corrected chi connectivity index (χ1v) is 16.5. The van der Waals surface area contributed by atoms with Crippen molar-refractivity contribution in [1.82, 2.24) is 18.8 Å². The molecule has 2 bridgehead atoms. The van der Waals surface area contributed by atoms with Crippen LogP contribution in [-0.4, -0.2) is 59.4 Å². The highest BCUT2D eigenvalue weighted by Gasteiger charge is 2.58. The van der Waals surface area contributed by atoms with Crippen LogP contribution in [0.3, 0.4) is 0 Å². The van der Waals surface area contributed by atoms with Gasteiger partial charge in [0.15, 0.2) is 0 Å². The van der Waals surface area contributed by atoms with E-state index in [1.54, 1.807) is 35.6 Å². The average molecular weight is 589 g/mol. The first-order chi connectivity index (χ1) is 19.8. The monoisotopic (exact) mass is 588 g/mol. The Balaban J connectivity index is 1.12. The van der Waals surface area contributed by atoms with E-state index in [0.717, 1.165) is 42.7 Å². The highest BCUT2D eigenvalue weighted by Crippen LogP contribution is 2.57. The molecular weight excluding hydrogens is 552 g/mol. The van der Waals surface area contributed by atoms with Crippen LogP contribution in [0.1, 0.15) is 49.5 Å². The summed E-state index contributed by atoms with van der Waals surface area (Å²) in [5.74, 6) is 1.48. The molecule has 41 heavy (non-hydrogen) atoms. The Morgan fingerprint density at radius 2 is 1.66 bits per heavy atom. The minimum Gasteiger partial charge on any atom is -0.325 e. The zero-order valence-electron chi connectivity index (χ0n) is 23.7. The Hall–Kier alpha value is -2.71.